The summed E-state index contributed by atoms with van der Waals surface area (Å²) in [6.45, 7) is 5.02. The molecule has 4 rings (SSSR count). The van der Waals surface area contributed by atoms with E-state index in [0.29, 0.717) is 31.0 Å². The zero-order chi connectivity index (χ0) is 24.1. The number of benzene rings is 2. The normalized spacial score (nSPS) is 28.1. The van der Waals surface area contributed by atoms with Gasteiger partial charge in [0.1, 0.15) is 11.9 Å². The smallest absolute Gasteiger partial charge is 0.119 e. The van der Waals surface area contributed by atoms with E-state index in [-0.39, 0.29) is 18.6 Å². The summed E-state index contributed by atoms with van der Waals surface area (Å²) in [4.78, 5) is 2.23. The third-order valence-electron chi connectivity index (χ3n) is 6.94. The van der Waals surface area contributed by atoms with Crippen LogP contribution in [0.2, 0.25) is 5.02 Å². The second-order valence-electron chi connectivity index (χ2n) is 9.51. The number of ether oxygens (including phenoxy) is 2. The van der Waals surface area contributed by atoms with Crippen LogP contribution in [0.1, 0.15) is 49.0 Å². The highest BCUT2D eigenvalue weighted by molar-refractivity contribution is 6.31. The predicted octanol–water partition coefficient (Wildman–Crippen LogP) is 3.59. The summed E-state index contributed by atoms with van der Waals surface area (Å²) in [5.74, 6) is 1.11. The molecule has 3 N–H and O–H groups in total. The molecule has 0 spiro atoms. The number of hydrogen-bond donors (Lipinski definition) is 3. The van der Waals surface area contributed by atoms with Crippen LogP contribution in [0, 0.1) is 5.92 Å². The Morgan fingerprint density at radius 3 is 2.68 bits per heavy atom. The molecule has 6 nitrogen and oxygen atoms in total. The molecule has 186 valence electrons. The van der Waals surface area contributed by atoms with Gasteiger partial charge < -0.3 is 29.7 Å². The summed E-state index contributed by atoms with van der Waals surface area (Å²) in [5.41, 5.74) is 3.07. The minimum Gasteiger partial charge on any atom is -0.494 e. The number of aliphatic hydroxyl groups excluding tert-OH is 3. The molecule has 2 aromatic rings. The van der Waals surface area contributed by atoms with Crippen LogP contribution in [-0.2, 0) is 11.2 Å². The molecule has 0 bridgehead atoms. The highest BCUT2D eigenvalue weighted by Crippen LogP contribution is 2.35. The molecule has 0 aromatic heterocycles. The summed E-state index contributed by atoms with van der Waals surface area (Å²) in [6, 6.07) is 13.9. The standard InChI is InChI=1S/C27H36ClNO5/c1-2-33-22-8-5-18(6-9-22)12-21-13-20(7-10-23(21)28)25-14-24(31)27(32)26(34-25)16-29-11-3-4-19(15-29)17-30/h5-10,13,19,24-27,30-32H,2-4,11-12,14-17H2,1H3/t19?,24-,25-,26-,27+/m1/s1. The maximum absolute atomic E-state index is 10.6. The van der Waals surface area contributed by atoms with Gasteiger partial charge in [-0.1, -0.05) is 35.9 Å². The largest absolute Gasteiger partial charge is 0.494 e. The quantitative estimate of drug-likeness (QED) is 0.525. The van der Waals surface area contributed by atoms with E-state index in [9.17, 15) is 15.3 Å². The third kappa shape index (κ3) is 6.30. The summed E-state index contributed by atoms with van der Waals surface area (Å²) in [7, 11) is 0. The van der Waals surface area contributed by atoms with Crippen LogP contribution in [0.4, 0.5) is 0 Å². The predicted molar refractivity (Wildman–Crippen MR) is 132 cm³/mol. The van der Waals surface area contributed by atoms with Crippen LogP contribution >= 0.6 is 11.6 Å². The maximum atomic E-state index is 10.6. The van der Waals surface area contributed by atoms with Gasteiger partial charge in [-0.05, 0) is 73.5 Å². The average Bonchev–Trinajstić information content (AvgIpc) is 2.84. The lowest BCUT2D eigenvalue weighted by Gasteiger charge is -2.41. The molecule has 2 aromatic carbocycles. The molecule has 7 heteroatoms. The fourth-order valence-corrected chi connectivity index (χ4v) is 5.24. The first-order valence-corrected chi connectivity index (χ1v) is 12.7. The van der Waals surface area contributed by atoms with Crippen molar-refractivity contribution < 1.29 is 24.8 Å². The Balaban J connectivity index is 1.46. The number of halogens is 1. The monoisotopic (exact) mass is 489 g/mol. The van der Waals surface area contributed by atoms with Gasteiger partial charge in [0, 0.05) is 31.1 Å². The van der Waals surface area contributed by atoms with Crippen molar-refractivity contribution in [1.82, 2.24) is 4.90 Å². The Hall–Kier alpha value is -1.67. The lowest BCUT2D eigenvalue weighted by molar-refractivity contribution is -0.177. The molecular weight excluding hydrogens is 454 g/mol. The first-order chi connectivity index (χ1) is 16.5. The molecule has 2 fully saturated rings. The van der Waals surface area contributed by atoms with Gasteiger partial charge in [0.15, 0.2) is 0 Å². The minimum absolute atomic E-state index is 0.178. The SMILES string of the molecule is CCOc1ccc(Cc2cc([C@H]3C[C@@H](O)[C@H](O)[C@@H](CN4CCCC(CO)C4)O3)ccc2Cl)cc1. The number of hydrogen-bond acceptors (Lipinski definition) is 6. The van der Waals surface area contributed by atoms with E-state index in [4.69, 9.17) is 21.1 Å². The molecular formula is C27H36ClNO5. The second kappa shape index (κ2) is 11.8. The third-order valence-corrected chi connectivity index (χ3v) is 7.31. The van der Waals surface area contributed by atoms with Crippen molar-refractivity contribution in [2.75, 3.05) is 32.8 Å². The summed E-state index contributed by atoms with van der Waals surface area (Å²) in [6.07, 6.45) is 0.460. The van der Waals surface area contributed by atoms with Crippen molar-refractivity contribution in [3.05, 3.63) is 64.2 Å². The maximum Gasteiger partial charge on any atom is 0.119 e. The van der Waals surface area contributed by atoms with Gasteiger partial charge in [0.05, 0.1) is 24.9 Å². The fraction of sp³-hybridized carbons (Fsp3) is 0.556. The first kappa shape index (κ1) is 25.4. The molecule has 2 aliphatic heterocycles. The zero-order valence-electron chi connectivity index (χ0n) is 19.8. The van der Waals surface area contributed by atoms with Crippen LogP contribution in [0.25, 0.3) is 0 Å². The lowest BCUT2D eigenvalue weighted by Crippen LogP contribution is -2.52. The van der Waals surface area contributed by atoms with Crippen LogP contribution in [0.3, 0.4) is 0 Å². The Morgan fingerprint density at radius 2 is 1.94 bits per heavy atom. The Kier molecular flexibility index (Phi) is 8.86. The summed E-state index contributed by atoms with van der Waals surface area (Å²) < 4.78 is 11.9. The van der Waals surface area contributed by atoms with Crippen LogP contribution in [-0.4, -0.2) is 71.4 Å². The Morgan fingerprint density at radius 1 is 1.15 bits per heavy atom. The summed E-state index contributed by atoms with van der Waals surface area (Å²) >= 11 is 6.52. The average molecular weight is 490 g/mol. The van der Waals surface area contributed by atoms with Gasteiger partial charge in [-0.3, -0.25) is 0 Å². The van der Waals surface area contributed by atoms with Crippen LogP contribution in [0.5, 0.6) is 5.75 Å². The number of likely N-dealkylation sites (tertiary alicyclic amines) is 1. The fourth-order valence-electron chi connectivity index (χ4n) is 5.06. The second-order valence-corrected chi connectivity index (χ2v) is 9.92. The molecule has 34 heavy (non-hydrogen) atoms. The molecule has 5 atom stereocenters. The zero-order valence-corrected chi connectivity index (χ0v) is 20.5. The van der Waals surface area contributed by atoms with Crippen molar-refractivity contribution >= 4 is 11.6 Å². The van der Waals surface area contributed by atoms with Crippen molar-refractivity contribution in [1.29, 1.82) is 0 Å². The molecule has 2 saturated heterocycles. The van der Waals surface area contributed by atoms with Gasteiger partial charge >= 0.3 is 0 Å². The van der Waals surface area contributed by atoms with Gasteiger partial charge in [0.25, 0.3) is 0 Å². The van der Waals surface area contributed by atoms with Gasteiger partial charge in [-0.2, -0.15) is 0 Å². The topological polar surface area (TPSA) is 82.4 Å². The van der Waals surface area contributed by atoms with Crippen molar-refractivity contribution in [2.24, 2.45) is 5.92 Å². The molecule has 0 aliphatic carbocycles. The van der Waals surface area contributed by atoms with E-state index in [1.54, 1.807) is 0 Å². The molecule has 2 aliphatic rings. The minimum atomic E-state index is -0.929. The lowest BCUT2D eigenvalue weighted by atomic mass is 9.91. The van der Waals surface area contributed by atoms with Crippen LogP contribution in [0.15, 0.2) is 42.5 Å². The molecule has 0 amide bonds. The molecule has 0 saturated carbocycles. The van der Waals surface area contributed by atoms with E-state index in [2.05, 4.69) is 4.90 Å². The van der Waals surface area contributed by atoms with Gasteiger partial charge in [-0.25, -0.2) is 0 Å². The van der Waals surface area contributed by atoms with Crippen molar-refractivity contribution in [2.45, 2.75) is 57.0 Å². The molecule has 1 unspecified atom stereocenters. The van der Waals surface area contributed by atoms with Gasteiger partial charge in [0.2, 0.25) is 0 Å². The van der Waals surface area contributed by atoms with Crippen molar-refractivity contribution in [3.63, 3.8) is 0 Å². The van der Waals surface area contributed by atoms with E-state index < -0.39 is 18.3 Å². The van der Waals surface area contributed by atoms with E-state index >= 15 is 0 Å². The van der Waals surface area contributed by atoms with Gasteiger partial charge in [-0.15, -0.1) is 0 Å². The van der Waals surface area contributed by atoms with E-state index in [1.807, 2.05) is 49.4 Å². The number of nitrogens with zero attached hydrogens (tertiary/aromatic N) is 1. The molecule has 0 radical (unpaired) electrons. The summed E-state index contributed by atoms with van der Waals surface area (Å²) in [5, 5.41) is 31.5. The first-order valence-electron chi connectivity index (χ1n) is 12.3. The number of rotatable bonds is 8. The van der Waals surface area contributed by atoms with E-state index in [0.717, 1.165) is 48.4 Å². The number of aliphatic hydroxyl groups is 3. The highest BCUT2D eigenvalue weighted by atomic mass is 35.5. The van der Waals surface area contributed by atoms with E-state index in [1.165, 1.54) is 0 Å². The van der Waals surface area contributed by atoms with Crippen molar-refractivity contribution in [3.8, 4) is 5.75 Å². The van der Waals surface area contributed by atoms with Crippen LogP contribution < -0.4 is 4.74 Å². The number of piperidine rings is 1. The Labute approximate surface area is 207 Å². The molecule has 2 heterocycles. The Bertz CT molecular complexity index is 924. The highest BCUT2D eigenvalue weighted by Gasteiger charge is 2.38.